The molecule has 0 aliphatic rings. The van der Waals surface area contributed by atoms with Crippen LogP contribution in [-0.4, -0.2) is 51.2 Å². The lowest BCUT2D eigenvalue weighted by Gasteiger charge is -2.01. The van der Waals surface area contributed by atoms with Crippen LogP contribution in [0, 0.1) is 0 Å². The van der Waals surface area contributed by atoms with Gasteiger partial charge in [0, 0.05) is 6.54 Å². The highest BCUT2D eigenvalue weighted by molar-refractivity contribution is 5.77. The molecule has 0 fully saturated rings. The average Bonchev–Trinajstić information content (AvgIpc) is 2.21. The molecule has 0 unspecified atom stereocenters. The van der Waals surface area contributed by atoms with Crippen LogP contribution >= 0.6 is 0 Å². The Morgan fingerprint density at radius 1 is 1.31 bits per heavy atom. The summed E-state index contributed by atoms with van der Waals surface area (Å²) in [5.41, 5.74) is 0. The first-order chi connectivity index (χ1) is 7.54. The SMILES string of the molecule is CC.CN(C)C/C=C/C=O.CNCC(C)=O. The van der Waals surface area contributed by atoms with E-state index in [1.54, 1.807) is 14.0 Å². The summed E-state index contributed by atoms with van der Waals surface area (Å²) in [5, 5.41) is 2.72. The fraction of sp³-hybridized carbons (Fsp3) is 0.667. The summed E-state index contributed by atoms with van der Waals surface area (Å²) in [4.78, 5) is 21.6. The van der Waals surface area contributed by atoms with Crippen molar-refractivity contribution in [3.8, 4) is 0 Å². The highest BCUT2D eigenvalue weighted by Crippen LogP contribution is 1.73. The Balaban J connectivity index is -0.000000188. The summed E-state index contributed by atoms with van der Waals surface area (Å²) < 4.78 is 0. The zero-order valence-electron chi connectivity index (χ0n) is 11.4. The molecular formula is C12H26N2O2. The predicted molar refractivity (Wildman–Crippen MR) is 69.7 cm³/mol. The lowest BCUT2D eigenvalue weighted by Crippen LogP contribution is -2.14. The first-order valence-electron chi connectivity index (χ1n) is 5.43. The third-order valence-electron chi connectivity index (χ3n) is 1.11. The number of carbonyl (C=O) groups is 2. The lowest BCUT2D eigenvalue weighted by atomic mass is 10.5. The molecule has 0 amide bonds. The maximum Gasteiger partial charge on any atom is 0.143 e. The molecule has 1 N–H and O–H groups in total. The van der Waals surface area contributed by atoms with Crippen molar-refractivity contribution in [1.82, 2.24) is 10.2 Å². The molecular weight excluding hydrogens is 204 g/mol. The van der Waals surface area contributed by atoms with Gasteiger partial charge in [-0.15, -0.1) is 0 Å². The number of carbonyl (C=O) groups excluding carboxylic acids is 2. The van der Waals surface area contributed by atoms with E-state index < -0.39 is 0 Å². The molecule has 96 valence electrons. The van der Waals surface area contributed by atoms with E-state index in [9.17, 15) is 9.59 Å². The van der Waals surface area contributed by atoms with Crippen molar-refractivity contribution in [2.75, 3.05) is 34.2 Å². The van der Waals surface area contributed by atoms with Crippen molar-refractivity contribution in [2.24, 2.45) is 0 Å². The monoisotopic (exact) mass is 230 g/mol. The Bertz CT molecular complexity index is 178. The number of allylic oxidation sites excluding steroid dienone is 1. The second-order valence-electron chi connectivity index (χ2n) is 3.06. The van der Waals surface area contributed by atoms with E-state index in [0.29, 0.717) is 6.54 Å². The maximum atomic E-state index is 9.98. The first kappa shape index (κ1) is 20.4. The first-order valence-corrected chi connectivity index (χ1v) is 5.43. The molecule has 4 heteroatoms. The minimum atomic E-state index is 0.178. The minimum absolute atomic E-state index is 0.178. The number of hydrogen-bond acceptors (Lipinski definition) is 4. The van der Waals surface area contributed by atoms with Crippen molar-refractivity contribution >= 4 is 12.1 Å². The molecule has 0 aliphatic heterocycles. The van der Waals surface area contributed by atoms with Gasteiger partial charge in [0.25, 0.3) is 0 Å². The van der Waals surface area contributed by atoms with Crippen LogP contribution in [0.4, 0.5) is 0 Å². The van der Waals surface area contributed by atoms with Crippen molar-refractivity contribution in [2.45, 2.75) is 20.8 Å². The van der Waals surface area contributed by atoms with Crippen LogP contribution in [0.25, 0.3) is 0 Å². The van der Waals surface area contributed by atoms with Gasteiger partial charge >= 0.3 is 0 Å². The van der Waals surface area contributed by atoms with Crippen LogP contribution in [0.1, 0.15) is 20.8 Å². The molecule has 0 aromatic rings. The van der Waals surface area contributed by atoms with Crippen LogP contribution in [0.15, 0.2) is 12.2 Å². The molecule has 0 atom stereocenters. The zero-order valence-corrected chi connectivity index (χ0v) is 11.4. The molecule has 0 spiro atoms. The Kier molecular flexibility index (Phi) is 25.0. The van der Waals surface area contributed by atoms with Gasteiger partial charge in [0.2, 0.25) is 0 Å². The van der Waals surface area contributed by atoms with E-state index in [-0.39, 0.29) is 5.78 Å². The number of aldehydes is 1. The highest BCUT2D eigenvalue weighted by Gasteiger charge is 1.82. The molecule has 0 rings (SSSR count). The van der Waals surface area contributed by atoms with Crippen LogP contribution in [-0.2, 0) is 9.59 Å². The van der Waals surface area contributed by atoms with Crippen LogP contribution < -0.4 is 5.32 Å². The van der Waals surface area contributed by atoms with Gasteiger partial charge in [-0.05, 0) is 34.1 Å². The maximum absolute atomic E-state index is 9.98. The largest absolute Gasteiger partial charge is 0.313 e. The van der Waals surface area contributed by atoms with Crippen LogP contribution in [0.3, 0.4) is 0 Å². The highest BCUT2D eigenvalue weighted by atomic mass is 16.1. The average molecular weight is 230 g/mol. The van der Waals surface area contributed by atoms with Crippen LogP contribution in [0.2, 0.25) is 0 Å². The van der Waals surface area contributed by atoms with Crippen molar-refractivity contribution in [3.05, 3.63) is 12.2 Å². The normalized spacial score (nSPS) is 8.94. The molecule has 0 aliphatic carbocycles. The Labute approximate surface area is 99.7 Å². The van der Waals surface area contributed by atoms with Gasteiger partial charge in [0.15, 0.2) is 0 Å². The smallest absolute Gasteiger partial charge is 0.143 e. The number of nitrogens with one attached hydrogen (secondary N) is 1. The van der Waals surface area contributed by atoms with E-state index in [2.05, 4.69) is 5.32 Å². The predicted octanol–water partition coefficient (Wildman–Crippen LogP) is 1.12. The quantitative estimate of drug-likeness (QED) is 0.568. The molecule has 0 heterocycles. The van der Waals surface area contributed by atoms with Gasteiger partial charge in [-0.1, -0.05) is 19.9 Å². The molecule has 4 nitrogen and oxygen atoms in total. The van der Waals surface area contributed by atoms with Gasteiger partial charge in [-0.3, -0.25) is 9.59 Å². The topological polar surface area (TPSA) is 49.4 Å². The molecule has 0 saturated heterocycles. The fourth-order valence-corrected chi connectivity index (χ4v) is 0.576. The summed E-state index contributed by atoms with van der Waals surface area (Å²) in [6.45, 7) is 6.87. The number of nitrogens with zero attached hydrogens (tertiary/aromatic N) is 1. The summed E-state index contributed by atoms with van der Waals surface area (Å²) >= 11 is 0. The van der Waals surface area contributed by atoms with E-state index in [0.717, 1.165) is 12.8 Å². The second-order valence-corrected chi connectivity index (χ2v) is 3.06. The van der Waals surface area contributed by atoms with Gasteiger partial charge in [-0.25, -0.2) is 0 Å². The standard InChI is InChI=1S/C6H11NO.C4H9NO.C2H6/c1-7(2)5-3-4-6-8;1-4(6)3-5-2;1-2/h3-4,6H,5H2,1-2H3;5H,3H2,1-2H3;1-2H3/b4-3+;;. The van der Waals surface area contributed by atoms with Gasteiger partial charge < -0.3 is 10.2 Å². The zero-order chi connectivity index (χ0) is 13.4. The summed E-state index contributed by atoms with van der Waals surface area (Å²) in [6.07, 6.45) is 4.09. The molecule has 16 heavy (non-hydrogen) atoms. The summed E-state index contributed by atoms with van der Waals surface area (Å²) in [6, 6.07) is 0. The Morgan fingerprint density at radius 3 is 2.00 bits per heavy atom. The van der Waals surface area contributed by atoms with E-state index >= 15 is 0 Å². The molecule has 0 aromatic carbocycles. The van der Waals surface area contributed by atoms with Gasteiger partial charge in [-0.2, -0.15) is 0 Å². The third-order valence-corrected chi connectivity index (χ3v) is 1.11. The van der Waals surface area contributed by atoms with E-state index in [1.807, 2.05) is 38.9 Å². The Hall–Kier alpha value is -1.00. The second kappa shape index (κ2) is 19.6. The minimum Gasteiger partial charge on any atom is -0.313 e. The van der Waals surface area contributed by atoms with Crippen molar-refractivity contribution < 1.29 is 9.59 Å². The van der Waals surface area contributed by atoms with Crippen LogP contribution in [0.5, 0.6) is 0 Å². The molecule has 0 saturated carbocycles. The van der Waals surface area contributed by atoms with Crippen molar-refractivity contribution in [1.29, 1.82) is 0 Å². The number of likely N-dealkylation sites (N-methyl/N-ethyl adjacent to an activating group) is 2. The fourth-order valence-electron chi connectivity index (χ4n) is 0.576. The number of rotatable bonds is 5. The van der Waals surface area contributed by atoms with Gasteiger partial charge in [0.05, 0.1) is 6.54 Å². The summed E-state index contributed by atoms with van der Waals surface area (Å²) in [7, 11) is 5.66. The van der Waals surface area contributed by atoms with E-state index in [4.69, 9.17) is 0 Å². The number of Topliss-reactive ketones (excluding diaryl/α,β-unsaturated/α-hetero) is 1. The Morgan fingerprint density at radius 2 is 1.81 bits per heavy atom. The van der Waals surface area contributed by atoms with Gasteiger partial charge in [0.1, 0.15) is 12.1 Å². The molecule has 0 aromatic heterocycles. The number of ketones is 1. The number of hydrogen-bond donors (Lipinski definition) is 1. The van der Waals surface area contributed by atoms with E-state index in [1.165, 1.54) is 6.08 Å². The summed E-state index contributed by atoms with van der Waals surface area (Å²) in [5.74, 6) is 0.178. The lowest BCUT2D eigenvalue weighted by molar-refractivity contribution is -0.116. The molecule has 0 radical (unpaired) electrons. The third kappa shape index (κ3) is 38.2. The molecule has 0 bridgehead atoms. The van der Waals surface area contributed by atoms with Crippen molar-refractivity contribution in [3.63, 3.8) is 0 Å².